The van der Waals surface area contributed by atoms with Crippen LogP contribution in [0.2, 0.25) is 0 Å². The third-order valence-electron chi connectivity index (χ3n) is 4.17. The highest BCUT2D eigenvalue weighted by molar-refractivity contribution is 6.01. The van der Waals surface area contributed by atoms with E-state index in [-0.39, 0.29) is 12.1 Å². The summed E-state index contributed by atoms with van der Waals surface area (Å²) in [4.78, 5) is 15.3. The van der Waals surface area contributed by atoms with Gasteiger partial charge in [-0.05, 0) is 12.1 Å². The second-order valence-electron chi connectivity index (χ2n) is 5.69. The molecule has 2 heterocycles. The van der Waals surface area contributed by atoms with Crippen LogP contribution in [-0.4, -0.2) is 67.9 Å². The van der Waals surface area contributed by atoms with Gasteiger partial charge in [0.2, 0.25) is 0 Å². The van der Waals surface area contributed by atoms with Crippen molar-refractivity contribution in [3.8, 4) is 0 Å². The Hall–Kier alpha value is -2.11. The van der Waals surface area contributed by atoms with E-state index in [4.69, 9.17) is 9.57 Å². The number of non-ortho nitro benzene ring substituents is 1. The summed E-state index contributed by atoms with van der Waals surface area (Å²) in [5.74, 6) is -1.73. The summed E-state index contributed by atoms with van der Waals surface area (Å²) in [7, 11) is 0. The predicted octanol–water partition coefficient (Wildman–Crippen LogP) is -1.11. The summed E-state index contributed by atoms with van der Waals surface area (Å²) in [5, 5.41) is 53.6. The Balaban J connectivity index is 1.81. The normalized spacial score (nSPS) is 35.6. The Morgan fingerprint density at radius 2 is 1.92 bits per heavy atom. The van der Waals surface area contributed by atoms with Crippen LogP contribution in [0.15, 0.2) is 29.4 Å². The molecule has 2 aliphatic heterocycles. The zero-order chi connectivity index (χ0) is 17.5. The van der Waals surface area contributed by atoms with Crippen LogP contribution >= 0.6 is 0 Å². The predicted molar refractivity (Wildman–Crippen MR) is 78.0 cm³/mol. The molecule has 0 aliphatic carbocycles. The number of oxime groups is 1. The number of nitro groups is 1. The number of ether oxygens (including phenoxy) is 1. The molecule has 24 heavy (non-hydrogen) atoms. The summed E-state index contributed by atoms with van der Waals surface area (Å²) < 4.78 is 5.44. The molecule has 1 unspecified atom stereocenters. The number of aliphatic hydroxyl groups excluding tert-OH is 4. The Morgan fingerprint density at radius 1 is 1.25 bits per heavy atom. The first-order chi connectivity index (χ1) is 11.4. The van der Waals surface area contributed by atoms with E-state index in [9.17, 15) is 30.5 Å². The number of hydrogen-bond acceptors (Lipinski definition) is 9. The van der Waals surface area contributed by atoms with Crippen LogP contribution in [0.4, 0.5) is 5.69 Å². The third-order valence-corrected chi connectivity index (χ3v) is 4.17. The van der Waals surface area contributed by atoms with Gasteiger partial charge in [0.25, 0.3) is 11.5 Å². The number of nitro benzene ring substituents is 1. The fourth-order valence-electron chi connectivity index (χ4n) is 2.79. The molecule has 130 valence electrons. The van der Waals surface area contributed by atoms with Crippen molar-refractivity contribution in [1.29, 1.82) is 0 Å². The minimum atomic E-state index is -1.73. The number of hydrogen-bond donors (Lipinski definition) is 4. The first-order valence-electron chi connectivity index (χ1n) is 7.21. The van der Waals surface area contributed by atoms with Crippen LogP contribution in [0.5, 0.6) is 0 Å². The Bertz CT molecular complexity index is 661. The third kappa shape index (κ3) is 2.64. The molecular formula is C14H16N2O8. The molecule has 3 rings (SSSR count). The summed E-state index contributed by atoms with van der Waals surface area (Å²) in [5.41, 5.74) is 0.791. The van der Waals surface area contributed by atoms with E-state index in [0.29, 0.717) is 11.3 Å². The molecule has 0 bridgehead atoms. The lowest BCUT2D eigenvalue weighted by Gasteiger charge is -2.44. The average molecular weight is 340 g/mol. The van der Waals surface area contributed by atoms with E-state index in [2.05, 4.69) is 5.16 Å². The maximum Gasteiger partial charge on any atom is 0.271 e. The van der Waals surface area contributed by atoms with Crippen molar-refractivity contribution < 1.29 is 34.9 Å². The van der Waals surface area contributed by atoms with Crippen LogP contribution in [0.1, 0.15) is 12.0 Å². The van der Waals surface area contributed by atoms with Gasteiger partial charge in [-0.1, -0.05) is 5.16 Å². The molecule has 2 aliphatic rings. The largest absolute Gasteiger partial charge is 0.394 e. The van der Waals surface area contributed by atoms with Crippen LogP contribution in [0.25, 0.3) is 0 Å². The summed E-state index contributed by atoms with van der Waals surface area (Å²) in [6, 6.07) is 5.55. The Kier molecular flexibility index (Phi) is 4.24. The molecule has 4 N–H and O–H groups in total. The van der Waals surface area contributed by atoms with E-state index in [1.54, 1.807) is 0 Å². The molecule has 1 aromatic carbocycles. The molecule has 10 heteroatoms. The minimum Gasteiger partial charge on any atom is -0.394 e. The fourth-order valence-corrected chi connectivity index (χ4v) is 2.79. The highest BCUT2D eigenvalue weighted by Crippen LogP contribution is 2.38. The van der Waals surface area contributed by atoms with Gasteiger partial charge >= 0.3 is 0 Å². The Morgan fingerprint density at radius 3 is 2.50 bits per heavy atom. The fraction of sp³-hybridized carbons (Fsp3) is 0.500. The van der Waals surface area contributed by atoms with Gasteiger partial charge in [-0.25, -0.2) is 0 Å². The van der Waals surface area contributed by atoms with E-state index in [0.717, 1.165) is 0 Å². The van der Waals surface area contributed by atoms with Crippen molar-refractivity contribution in [3.63, 3.8) is 0 Å². The minimum absolute atomic E-state index is 0.0632. The smallest absolute Gasteiger partial charge is 0.271 e. The van der Waals surface area contributed by atoms with Crippen molar-refractivity contribution in [2.75, 3.05) is 6.61 Å². The number of nitrogens with zero attached hydrogens (tertiary/aromatic N) is 2. The van der Waals surface area contributed by atoms with E-state index in [1.165, 1.54) is 24.3 Å². The van der Waals surface area contributed by atoms with Gasteiger partial charge in [-0.2, -0.15) is 0 Å². The topological polar surface area (TPSA) is 155 Å². The monoisotopic (exact) mass is 340 g/mol. The summed E-state index contributed by atoms with van der Waals surface area (Å²) >= 11 is 0. The van der Waals surface area contributed by atoms with Gasteiger partial charge in [-0.15, -0.1) is 0 Å². The van der Waals surface area contributed by atoms with Gasteiger partial charge in [-0.3, -0.25) is 10.1 Å². The number of rotatable bonds is 3. The average Bonchev–Trinajstić information content (AvgIpc) is 3.02. The van der Waals surface area contributed by atoms with Gasteiger partial charge in [0, 0.05) is 17.7 Å². The van der Waals surface area contributed by atoms with Crippen LogP contribution < -0.4 is 0 Å². The van der Waals surface area contributed by atoms with Crippen molar-refractivity contribution >= 4 is 11.4 Å². The van der Waals surface area contributed by atoms with E-state index >= 15 is 0 Å². The second-order valence-corrected chi connectivity index (χ2v) is 5.69. The zero-order valence-corrected chi connectivity index (χ0v) is 12.3. The van der Waals surface area contributed by atoms with Crippen molar-refractivity contribution in [3.05, 3.63) is 39.9 Å². The molecule has 0 saturated carbocycles. The van der Waals surface area contributed by atoms with Crippen LogP contribution in [0.3, 0.4) is 0 Å². The van der Waals surface area contributed by atoms with Crippen molar-refractivity contribution in [2.24, 2.45) is 5.16 Å². The molecule has 5 atom stereocenters. The lowest BCUT2D eigenvalue weighted by atomic mass is 9.89. The van der Waals surface area contributed by atoms with Gasteiger partial charge in [0.1, 0.15) is 18.3 Å². The molecule has 1 saturated heterocycles. The highest BCUT2D eigenvalue weighted by Gasteiger charge is 2.58. The summed E-state index contributed by atoms with van der Waals surface area (Å²) in [6.07, 6.45) is -5.85. The molecular weight excluding hydrogens is 324 g/mol. The number of benzene rings is 1. The van der Waals surface area contributed by atoms with Gasteiger partial charge in [0.15, 0.2) is 6.10 Å². The number of aliphatic hydroxyl groups is 4. The lowest BCUT2D eigenvalue weighted by molar-refractivity contribution is -0.384. The van der Waals surface area contributed by atoms with E-state index < -0.39 is 41.7 Å². The van der Waals surface area contributed by atoms with Crippen molar-refractivity contribution in [2.45, 2.75) is 36.6 Å². The molecule has 0 radical (unpaired) electrons. The quantitative estimate of drug-likeness (QED) is 0.399. The molecule has 1 aromatic rings. The Labute approximate surface area is 135 Å². The first kappa shape index (κ1) is 16.7. The van der Waals surface area contributed by atoms with Crippen LogP contribution in [0, 0.1) is 10.1 Å². The lowest BCUT2D eigenvalue weighted by Crippen LogP contribution is -2.65. The zero-order valence-electron chi connectivity index (χ0n) is 12.3. The SMILES string of the molecule is O=[N+]([O-])c1ccc(C2=NOC3(C2)O[C@H](CO)[C@@H](O)[C@H](O)[C@H]3O)cc1. The molecule has 0 aromatic heterocycles. The maximum atomic E-state index is 10.7. The van der Waals surface area contributed by atoms with Crippen LogP contribution in [-0.2, 0) is 9.57 Å². The summed E-state index contributed by atoms with van der Waals surface area (Å²) in [6.45, 7) is -0.580. The van der Waals surface area contributed by atoms with E-state index in [1.807, 2.05) is 0 Å². The molecule has 1 spiro atoms. The molecule has 1 fully saturated rings. The van der Waals surface area contributed by atoms with Gasteiger partial charge in [0.05, 0.1) is 23.7 Å². The highest BCUT2D eigenvalue weighted by atomic mass is 16.8. The second kappa shape index (κ2) is 6.07. The van der Waals surface area contributed by atoms with Gasteiger partial charge < -0.3 is 30.0 Å². The maximum absolute atomic E-state index is 10.7. The molecule has 0 amide bonds. The molecule has 10 nitrogen and oxygen atoms in total. The van der Waals surface area contributed by atoms with Crippen molar-refractivity contribution in [1.82, 2.24) is 0 Å². The first-order valence-corrected chi connectivity index (χ1v) is 7.21. The standard InChI is InChI=1S/C14H16N2O8/c17-6-10-11(18)12(19)13(20)14(23-10)5-9(15-24-14)7-1-3-8(4-2-7)16(21)22/h1-4,10-13,17-20H,5-6H2/t10-,11-,12+,13-,14?/m1/s1.